The topological polar surface area (TPSA) is 29.1 Å². The van der Waals surface area contributed by atoms with E-state index in [4.69, 9.17) is 0 Å². The number of Topliss-reactive ketones (excluding diaryl/α,β-unsaturated/α-hetero) is 1. The third-order valence-electron chi connectivity index (χ3n) is 3.50. The molecule has 2 aromatic rings. The third-order valence-corrected chi connectivity index (χ3v) is 3.50. The van der Waals surface area contributed by atoms with Gasteiger partial charge in [-0.25, -0.2) is 4.39 Å². The van der Waals surface area contributed by atoms with Crippen LogP contribution in [0.4, 0.5) is 4.39 Å². The normalized spacial score (nSPS) is 17.8. The summed E-state index contributed by atoms with van der Waals surface area (Å²) in [7, 11) is 0. The molecule has 3 heteroatoms. The summed E-state index contributed by atoms with van der Waals surface area (Å²) < 4.78 is 12.9. The summed E-state index contributed by atoms with van der Waals surface area (Å²) in [5.41, 5.74) is 2.78. The van der Waals surface area contributed by atoms with Gasteiger partial charge in [0.2, 0.25) is 0 Å². The Morgan fingerprint density at radius 3 is 2.63 bits per heavy atom. The number of carbonyl (C=O) groups is 1. The molecule has 3 rings (SSSR count). The molecule has 1 heterocycles. The first-order valence-electron chi connectivity index (χ1n) is 6.36. The molecule has 1 aliphatic rings. The van der Waals surface area contributed by atoms with Gasteiger partial charge < -0.3 is 5.32 Å². The van der Waals surface area contributed by atoms with E-state index in [0.29, 0.717) is 5.56 Å². The Bertz CT molecular complexity index is 606. The van der Waals surface area contributed by atoms with Crippen molar-refractivity contribution in [1.82, 2.24) is 5.32 Å². The van der Waals surface area contributed by atoms with Crippen LogP contribution in [0.5, 0.6) is 0 Å². The predicted octanol–water partition coefficient (Wildman–Crippen LogP) is 2.90. The average molecular weight is 255 g/mol. The fraction of sp³-hybridized carbons (Fsp3) is 0.188. The molecule has 0 aliphatic carbocycles. The number of fused-ring (bicyclic) bond motifs is 1. The lowest BCUT2D eigenvalue weighted by Gasteiger charge is -2.25. The number of ketones is 1. The van der Waals surface area contributed by atoms with E-state index in [0.717, 1.165) is 18.5 Å². The van der Waals surface area contributed by atoms with Crippen molar-refractivity contribution in [3.05, 3.63) is 71.0 Å². The molecule has 0 fully saturated rings. The highest BCUT2D eigenvalue weighted by atomic mass is 19.1. The Kier molecular flexibility index (Phi) is 3.13. The molecule has 2 nitrogen and oxygen atoms in total. The number of hydrogen-bond acceptors (Lipinski definition) is 2. The molecule has 2 aromatic carbocycles. The minimum absolute atomic E-state index is 0.00727. The Balaban J connectivity index is 1.95. The average Bonchev–Trinajstić information content (AvgIpc) is 2.47. The molecule has 0 radical (unpaired) electrons. The number of halogens is 1. The van der Waals surface area contributed by atoms with Crippen LogP contribution in [0, 0.1) is 5.82 Å². The molecule has 1 unspecified atom stereocenters. The molecule has 96 valence electrons. The molecule has 0 amide bonds. The summed E-state index contributed by atoms with van der Waals surface area (Å²) in [5, 5.41) is 3.24. The van der Waals surface area contributed by atoms with Crippen molar-refractivity contribution < 1.29 is 9.18 Å². The summed E-state index contributed by atoms with van der Waals surface area (Å²) in [5.74, 6) is -0.333. The van der Waals surface area contributed by atoms with Gasteiger partial charge in [0.25, 0.3) is 0 Å². The van der Waals surface area contributed by atoms with E-state index < -0.39 is 0 Å². The van der Waals surface area contributed by atoms with Crippen LogP contribution in [0.2, 0.25) is 0 Å². The molecule has 1 aliphatic heterocycles. The number of nitrogens with one attached hydrogen (secondary N) is 1. The van der Waals surface area contributed by atoms with Crippen molar-refractivity contribution in [2.45, 2.75) is 12.5 Å². The van der Waals surface area contributed by atoms with E-state index >= 15 is 0 Å². The Morgan fingerprint density at radius 2 is 1.84 bits per heavy atom. The zero-order valence-corrected chi connectivity index (χ0v) is 10.4. The highest BCUT2D eigenvalue weighted by molar-refractivity contribution is 6.01. The van der Waals surface area contributed by atoms with Gasteiger partial charge in [-0.15, -0.1) is 0 Å². The van der Waals surface area contributed by atoms with Crippen LogP contribution in [0.3, 0.4) is 0 Å². The fourth-order valence-electron chi connectivity index (χ4n) is 2.52. The van der Waals surface area contributed by atoms with Gasteiger partial charge in [-0.3, -0.25) is 4.79 Å². The molecule has 1 N–H and O–H groups in total. The van der Waals surface area contributed by atoms with E-state index in [1.165, 1.54) is 29.8 Å². The minimum Gasteiger partial charge on any atom is -0.303 e. The van der Waals surface area contributed by atoms with Gasteiger partial charge in [0.15, 0.2) is 5.78 Å². The van der Waals surface area contributed by atoms with E-state index in [9.17, 15) is 9.18 Å². The first-order chi connectivity index (χ1) is 9.25. The fourth-order valence-corrected chi connectivity index (χ4v) is 2.52. The lowest BCUT2D eigenvalue weighted by molar-refractivity contribution is 0.0939. The molecule has 19 heavy (non-hydrogen) atoms. The van der Waals surface area contributed by atoms with Crippen molar-refractivity contribution in [3.63, 3.8) is 0 Å². The summed E-state index contributed by atoms with van der Waals surface area (Å²) in [6, 6.07) is 13.4. The zero-order chi connectivity index (χ0) is 13.2. The Morgan fingerprint density at radius 1 is 1.11 bits per heavy atom. The number of rotatable bonds is 2. The van der Waals surface area contributed by atoms with Crippen LogP contribution in [0.25, 0.3) is 0 Å². The molecule has 0 saturated carbocycles. The van der Waals surface area contributed by atoms with Crippen LogP contribution < -0.4 is 5.32 Å². The largest absolute Gasteiger partial charge is 0.303 e. The number of carbonyl (C=O) groups excluding carboxylic acids is 1. The maximum absolute atomic E-state index is 12.9. The van der Waals surface area contributed by atoms with Crippen molar-refractivity contribution in [2.75, 3.05) is 6.54 Å². The highest BCUT2D eigenvalue weighted by Gasteiger charge is 2.26. The summed E-state index contributed by atoms with van der Waals surface area (Å²) >= 11 is 0. The second kappa shape index (κ2) is 4.94. The molecule has 0 aromatic heterocycles. The third kappa shape index (κ3) is 2.29. The monoisotopic (exact) mass is 255 g/mol. The zero-order valence-electron chi connectivity index (χ0n) is 10.4. The van der Waals surface area contributed by atoms with E-state index in [1.54, 1.807) is 0 Å². The van der Waals surface area contributed by atoms with Crippen LogP contribution in [-0.4, -0.2) is 12.3 Å². The van der Waals surface area contributed by atoms with E-state index in [1.807, 2.05) is 18.2 Å². The second-order valence-electron chi connectivity index (χ2n) is 4.71. The Labute approximate surface area is 111 Å². The van der Waals surface area contributed by atoms with Crippen molar-refractivity contribution in [1.29, 1.82) is 0 Å². The van der Waals surface area contributed by atoms with E-state index in [2.05, 4.69) is 11.4 Å². The lowest BCUT2D eigenvalue weighted by atomic mass is 9.89. The van der Waals surface area contributed by atoms with Gasteiger partial charge in [0.1, 0.15) is 5.82 Å². The van der Waals surface area contributed by atoms with Crippen molar-refractivity contribution in [2.24, 2.45) is 0 Å². The number of hydrogen-bond donors (Lipinski definition) is 1. The SMILES string of the molecule is O=C(c1ccc(F)cc1)C1NCCc2ccccc21. The summed E-state index contributed by atoms with van der Waals surface area (Å²) in [6.07, 6.45) is 0.934. The Hall–Kier alpha value is -2.00. The quantitative estimate of drug-likeness (QED) is 0.836. The second-order valence-corrected chi connectivity index (χ2v) is 4.71. The van der Waals surface area contributed by atoms with Gasteiger partial charge >= 0.3 is 0 Å². The van der Waals surface area contributed by atoms with Crippen molar-refractivity contribution in [3.8, 4) is 0 Å². The molecule has 1 atom stereocenters. The molecular weight excluding hydrogens is 241 g/mol. The standard InChI is InChI=1S/C16H14FNO/c17-13-7-5-12(6-8-13)16(19)15-14-4-2-1-3-11(14)9-10-18-15/h1-8,15,18H,9-10H2. The molecule has 0 bridgehead atoms. The van der Waals surface area contributed by atoms with Gasteiger partial charge in [0, 0.05) is 12.1 Å². The first-order valence-corrected chi connectivity index (χ1v) is 6.36. The smallest absolute Gasteiger partial charge is 0.184 e. The first kappa shape index (κ1) is 12.1. The van der Waals surface area contributed by atoms with Crippen LogP contribution in [0.15, 0.2) is 48.5 Å². The predicted molar refractivity (Wildman–Crippen MR) is 71.6 cm³/mol. The summed E-state index contributed by atoms with van der Waals surface area (Å²) in [4.78, 5) is 12.5. The van der Waals surface area contributed by atoms with Crippen LogP contribution in [-0.2, 0) is 6.42 Å². The highest BCUT2D eigenvalue weighted by Crippen LogP contribution is 2.25. The van der Waals surface area contributed by atoms with Crippen molar-refractivity contribution >= 4 is 5.78 Å². The maximum atomic E-state index is 12.9. The molecule has 0 spiro atoms. The van der Waals surface area contributed by atoms with Gasteiger partial charge in [-0.05, 0) is 41.8 Å². The maximum Gasteiger partial charge on any atom is 0.184 e. The van der Waals surface area contributed by atoms with Gasteiger partial charge in [-0.2, -0.15) is 0 Å². The van der Waals surface area contributed by atoms with Gasteiger partial charge in [0.05, 0.1) is 6.04 Å². The minimum atomic E-state index is -0.325. The van der Waals surface area contributed by atoms with E-state index in [-0.39, 0.29) is 17.6 Å². The summed E-state index contributed by atoms with van der Waals surface area (Å²) in [6.45, 7) is 0.786. The van der Waals surface area contributed by atoms with Crippen LogP contribution >= 0.6 is 0 Å². The molecule has 0 saturated heterocycles. The van der Waals surface area contributed by atoms with Crippen LogP contribution in [0.1, 0.15) is 27.5 Å². The molecular formula is C16H14FNO. The number of benzene rings is 2. The lowest BCUT2D eigenvalue weighted by Crippen LogP contribution is -2.35. The van der Waals surface area contributed by atoms with Gasteiger partial charge in [-0.1, -0.05) is 24.3 Å².